The van der Waals surface area contributed by atoms with Crippen molar-refractivity contribution >= 4 is 34.4 Å². The summed E-state index contributed by atoms with van der Waals surface area (Å²) in [6.45, 7) is 0. The summed E-state index contributed by atoms with van der Waals surface area (Å²) in [6, 6.07) is 11.6. The van der Waals surface area contributed by atoms with Crippen LogP contribution in [0, 0.1) is 0 Å². The molecule has 0 bridgehead atoms. The molecule has 0 saturated heterocycles. The normalized spacial score (nSPS) is 13.0. The maximum Gasteiger partial charge on any atom is 0.354 e. The summed E-state index contributed by atoms with van der Waals surface area (Å²) in [4.78, 5) is 24.8. The van der Waals surface area contributed by atoms with Crippen molar-refractivity contribution < 1.29 is 10.0 Å². The number of fused-ring (bicyclic) bond motifs is 2. The first-order valence-corrected chi connectivity index (χ1v) is 7.66. The van der Waals surface area contributed by atoms with E-state index in [-0.39, 0.29) is 0 Å². The Balaban J connectivity index is 2.06. The summed E-state index contributed by atoms with van der Waals surface area (Å²) in [5.74, 6) is 0. The third-order valence-corrected chi connectivity index (χ3v) is 4.47. The smallest absolute Gasteiger partial charge is 0.287 e. The number of benzene rings is 2. The van der Waals surface area contributed by atoms with Crippen LogP contribution in [0.5, 0.6) is 0 Å². The van der Waals surface area contributed by atoms with Crippen LogP contribution in [0.4, 0.5) is 4.79 Å². The zero-order chi connectivity index (χ0) is 16.8. The van der Waals surface area contributed by atoms with Gasteiger partial charge in [0.25, 0.3) is 0 Å². The number of halogens is 1. The molecule has 1 amide bonds. The minimum atomic E-state index is -0.909. The van der Waals surface area contributed by atoms with E-state index in [1.165, 1.54) is 10.0 Å². The van der Waals surface area contributed by atoms with Crippen molar-refractivity contribution in [2.75, 3.05) is 0 Å². The van der Waals surface area contributed by atoms with E-state index in [1.54, 1.807) is 30.3 Å². The molecule has 0 unspecified atom stereocenters. The minimum Gasteiger partial charge on any atom is -0.287 e. The predicted octanol–water partition coefficient (Wildman–Crippen LogP) is 2.85. The van der Waals surface area contributed by atoms with Gasteiger partial charge in [-0.05, 0) is 30.2 Å². The molecule has 0 fully saturated rings. The summed E-state index contributed by atoms with van der Waals surface area (Å²) in [7, 11) is 0. The Bertz CT molecular complexity index is 1080. The lowest BCUT2D eigenvalue weighted by molar-refractivity contribution is 0.163. The van der Waals surface area contributed by atoms with E-state index in [2.05, 4.69) is 0 Å². The number of para-hydroxylation sites is 2. The molecule has 120 valence electrons. The van der Waals surface area contributed by atoms with Crippen molar-refractivity contribution in [1.82, 2.24) is 14.6 Å². The molecular weight excluding hydrogens is 330 g/mol. The largest absolute Gasteiger partial charge is 0.354 e. The lowest BCUT2D eigenvalue weighted by Gasteiger charge is -2.09. The Morgan fingerprint density at radius 3 is 2.62 bits per heavy atom. The van der Waals surface area contributed by atoms with Crippen LogP contribution in [0.3, 0.4) is 0 Å². The fourth-order valence-electron chi connectivity index (χ4n) is 3.17. The topological polar surface area (TPSA) is 76.3 Å². The van der Waals surface area contributed by atoms with E-state index in [9.17, 15) is 9.59 Å². The van der Waals surface area contributed by atoms with Crippen molar-refractivity contribution in [1.29, 1.82) is 0 Å². The number of aromatic nitrogens is 2. The number of imidazole rings is 1. The van der Waals surface area contributed by atoms with E-state index in [0.29, 0.717) is 28.2 Å². The molecule has 6 nitrogen and oxygen atoms in total. The van der Waals surface area contributed by atoms with E-state index in [4.69, 9.17) is 16.8 Å². The van der Waals surface area contributed by atoms with Gasteiger partial charge in [0.15, 0.2) is 0 Å². The highest BCUT2D eigenvalue weighted by Crippen LogP contribution is 2.35. The highest BCUT2D eigenvalue weighted by atomic mass is 35.5. The van der Waals surface area contributed by atoms with Crippen molar-refractivity contribution in [3.05, 3.63) is 75.2 Å². The molecule has 7 heteroatoms. The number of rotatable bonds is 1. The SMILES string of the molecule is O=C(NO)n1c(=O)n(C2=CCc3cccc(Cl)c32)c2ccccc21. The highest BCUT2D eigenvalue weighted by Gasteiger charge is 2.25. The van der Waals surface area contributed by atoms with Crippen molar-refractivity contribution in [2.45, 2.75) is 6.42 Å². The number of nitrogens with one attached hydrogen (secondary N) is 1. The quantitative estimate of drug-likeness (QED) is 0.528. The van der Waals surface area contributed by atoms with E-state index >= 15 is 0 Å². The molecule has 1 aliphatic carbocycles. The molecular formula is C17H12ClN3O3. The number of carbonyl (C=O) groups is 1. The molecule has 2 aromatic carbocycles. The first-order chi connectivity index (χ1) is 11.6. The average Bonchev–Trinajstić information content (AvgIpc) is 3.13. The number of carbonyl (C=O) groups excluding carboxylic acids is 1. The van der Waals surface area contributed by atoms with Gasteiger partial charge in [0, 0.05) is 5.56 Å². The molecule has 0 saturated carbocycles. The van der Waals surface area contributed by atoms with Crippen molar-refractivity contribution in [3.63, 3.8) is 0 Å². The molecule has 1 aromatic heterocycles. The molecule has 1 heterocycles. The number of nitrogens with zero attached hydrogens (tertiary/aromatic N) is 2. The number of hydrogen-bond donors (Lipinski definition) is 2. The molecule has 0 spiro atoms. The Hall–Kier alpha value is -2.83. The second-order valence-corrected chi connectivity index (χ2v) is 5.83. The molecule has 0 radical (unpaired) electrons. The lowest BCUT2D eigenvalue weighted by atomic mass is 10.1. The summed E-state index contributed by atoms with van der Waals surface area (Å²) >= 11 is 6.33. The average molecular weight is 342 g/mol. The van der Waals surface area contributed by atoms with Crippen LogP contribution in [0.1, 0.15) is 11.1 Å². The Morgan fingerprint density at radius 1 is 1.12 bits per heavy atom. The van der Waals surface area contributed by atoms with Crippen molar-refractivity contribution in [3.8, 4) is 0 Å². The fourth-order valence-corrected chi connectivity index (χ4v) is 3.46. The van der Waals surface area contributed by atoms with Gasteiger partial charge in [0.05, 0.1) is 21.8 Å². The predicted molar refractivity (Wildman–Crippen MR) is 90.4 cm³/mol. The Morgan fingerprint density at radius 2 is 1.88 bits per heavy atom. The molecule has 1 aliphatic rings. The zero-order valence-electron chi connectivity index (χ0n) is 12.4. The van der Waals surface area contributed by atoms with Crippen LogP contribution < -0.4 is 11.2 Å². The molecule has 0 aliphatic heterocycles. The van der Waals surface area contributed by atoms with E-state index < -0.39 is 11.7 Å². The van der Waals surface area contributed by atoms with Crippen LogP contribution in [-0.4, -0.2) is 20.4 Å². The maximum atomic E-state index is 12.9. The standard InChI is InChI=1S/C17H12ClN3O3/c18-11-5-3-4-10-8-9-14(15(10)11)20-12-6-1-2-7-13(12)21(17(20)23)16(22)19-24/h1-7,9,24H,8H2,(H,19,22). The van der Waals surface area contributed by atoms with Crippen LogP contribution in [0.15, 0.2) is 53.3 Å². The summed E-state index contributed by atoms with van der Waals surface area (Å²) < 4.78 is 2.34. The van der Waals surface area contributed by atoms with Crippen molar-refractivity contribution in [2.24, 2.45) is 0 Å². The molecule has 3 aromatic rings. The van der Waals surface area contributed by atoms with Gasteiger partial charge in [0.1, 0.15) is 0 Å². The molecule has 0 atom stereocenters. The molecule has 2 N–H and O–H groups in total. The number of allylic oxidation sites excluding steroid dienone is 1. The van der Waals surface area contributed by atoms with Crippen LogP contribution in [0.25, 0.3) is 16.7 Å². The fraction of sp³-hybridized carbons (Fsp3) is 0.0588. The minimum absolute atomic E-state index is 0.399. The van der Waals surface area contributed by atoms with Gasteiger partial charge in [0.2, 0.25) is 0 Å². The zero-order valence-corrected chi connectivity index (χ0v) is 13.1. The van der Waals surface area contributed by atoms with E-state index in [1.807, 2.05) is 18.2 Å². The van der Waals surface area contributed by atoms with Crippen LogP contribution >= 0.6 is 11.6 Å². The van der Waals surface area contributed by atoms with Crippen LogP contribution in [0.2, 0.25) is 5.02 Å². The lowest BCUT2D eigenvalue weighted by Crippen LogP contribution is -2.35. The summed E-state index contributed by atoms with van der Waals surface area (Å²) in [6.07, 6.45) is 2.56. The third kappa shape index (κ3) is 1.94. The second-order valence-electron chi connectivity index (χ2n) is 5.43. The van der Waals surface area contributed by atoms with Gasteiger partial charge in [-0.15, -0.1) is 0 Å². The second kappa shape index (κ2) is 5.36. The number of hydrogen-bond acceptors (Lipinski definition) is 3. The first-order valence-electron chi connectivity index (χ1n) is 7.28. The number of amides is 1. The van der Waals surface area contributed by atoms with Gasteiger partial charge in [-0.3, -0.25) is 9.77 Å². The monoisotopic (exact) mass is 341 g/mol. The highest BCUT2D eigenvalue weighted by molar-refractivity contribution is 6.32. The maximum absolute atomic E-state index is 12.9. The Labute approximate surface area is 141 Å². The number of hydroxylamine groups is 1. The van der Waals surface area contributed by atoms with Gasteiger partial charge >= 0.3 is 11.7 Å². The first kappa shape index (κ1) is 14.7. The molecule has 24 heavy (non-hydrogen) atoms. The Kier molecular flexibility index (Phi) is 3.30. The van der Waals surface area contributed by atoms with Gasteiger partial charge in [-0.25, -0.2) is 19.6 Å². The van der Waals surface area contributed by atoms with Gasteiger partial charge in [-0.2, -0.15) is 0 Å². The van der Waals surface area contributed by atoms with E-state index in [0.717, 1.165) is 15.7 Å². The molecule has 4 rings (SSSR count). The third-order valence-electron chi connectivity index (χ3n) is 4.16. The summed E-state index contributed by atoms with van der Waals surface area (Å²) in [5.41, 5.74) is 4.35. The van der Waals surface area contributed by atoms with Crippen LogP contribution in [-0.2, 0) is 6.42 Å². The van der Waals surface area contributed by atoms with Gasteiger partial charge in [-0.1, -0.05) is 41.9 Å². The summed E-state index contributed by atoms with van der Waals surface area (Å²) in [5, 5.41) is 9.49. The van der Waals surface area contributed by atoms with Gasteiger partial charge < -0.3 is 0 Å².